The van der Waals surface area contributed by atoms with Crippen molar-refractivity contribution in [3.63, 3.8) is 0 Å². The molecule has 2 atom stereocenters. The predicted molar refractivity (Wildman–Crippen MR) is 75.0 cm³/mol. The molecule has 0 aliphatic carbocycles. The van der Waals surface area contributed by atoms with E-state index in [-0.39, 0.29) is 17.2 Å². The van der Waals surface area contributed by atoms with E-state index in [9.17, 15) is 20.0 Å². The summed E-state index contributed by atoms with van der Waals surface area (Å²) in [5.41, 5.74) is 0.217. The first kappa shape index (κ1) is 14.8. The van der Waals surface area contributed by atoms with Crippen LogP contribution in [0.25, 0.3) is 0 Å². The van der Waals surface area contributed by atoms with Gasteiger partial charge in [-0.25, -0.2) is 4.79 Å². The van der Waals surface area contributed by atoms with Crippen molar-refractivity contribution in [1.29, 1.82) is 5.26 Å². The fourth-order valence-corrected chi connectivity index (χ4v) is 2.81. The molecule has 21 heavy (non-hydrogen) atoms. The van der Waals surface area contributed by atoms with E-state index in [2.05, 4.69) is 0 Å². The summed E-state index contributed by atoms with van der Waals surface area (Å²) < 4.78 is 0. The van der Waals surface area contributed by atoms with E-state index in [1.54, 1.807) is 11.0 Å². The second-order valence-corrected chi connectivity index (χ2v) is 5.17. The smallest absolute Gasteiger partial charge is 0.326 e. The van der Waals surface area contributed by atoms with Crippen molar-refractivity contribution in [2.24, 2.45) is 5.92 Å². The molecular formula is C14H15N3O4. The van der Waals surface area contributed by atoms with Gasteiger partial charge < -0.3 is 10.0 Å². The highest BCUT2D eigenvalue weighted by Crippen LogP contribution is 2.31. The van der Waals surface area contributed by atoms with E-state index in [1.807, 2.05) is 6.92 Å². The van der Waals surface area contributed by atoms with Crippen LogP contribution in [-0.2, 0) is 4.79 Å². The minimum absolute atomic E-state index is 0.0167. The van der Waals surface area contributed by atoms with Crippen LogP contribution in [0.5, 0.6) is 0 Å². The summed E-state index contributed by atoms with van der Waals surface area (Å²) in [7, 11) is 0. The first-order valence-corrected chi connectivity index (χ1v) is 6.63. The largest absolute Gasteiger partial charge is 0.480 e. The summed E-state index contributed by atoms with van der Waals surface area (Å²) in [5.74, 6) is -0.934. The molecule has 0 bridgehead atoms. The molecule has 1 aliphatic heterocycles. The van der Waals surface area contributed by atoms with Gasteiger partial charge in [-0.2, -0.15) is 5.26 Å². The first-order valence-electron chi connectivity index (χ1n) is 6.63. The number of rotatable bonds is 3. The fourth-order valence-electron chi connectivity index (χ4n) is 2.81. The van der Waals surface area contributed by atoms with Crippen molar-refractivity contribution in [3.8, 4) is 6.07 Å². The maximum atomic E-state index is 11.5. The molecule has 1 aromatic carbocycles. The highest BCUT2D eigenvalue weighted by atomic mass is 16.6. The van der Waals surface area contributed by atoms with Crippen molar-refractivity contribution < 1.29 is 14.8 Å². The molecule has 0 amide bonds. The molecule has 0 radical (unpaired) electrons. The molecule has 7 nitrogen and oxygen atoms in total. The molecule has 1 heterocycles. The predicted octanol–water partition coefficient (Wildman–Crippen LogP) is 2.16. The SMILES string of the molecule is CC1CCCN(c2ccc([N+](=O)[O-])c(C#N)c2)C1C(=O)O. The summed E-state index contributed by atoms with van der Waals surface area (Å²) in [6.07, 6.45) is 1.68. The lowest BCUT2D eigenvalue weighted by atomic mass is 9.90. The molecule has 2 rings (SSSR count). The second kappa shape index (κ2) is 5.79. The van der Waals surface area contributed by atoms with E-state index in [0.717, 1.165) is 12.8 Å². The third kappa shape index (κ3) is 2.79. The van der Waals surface area contributed by atoms with Crippen LogP contribution < -0.4 is 4.90 Å². The van der Waals surface area contributed by atoms with Gasteiger partial charge in [0.05, 0.1) is 4.92 Å². The Labute approximate surface area is 121 Å². The number of anilines is 1. The molecule has 1 saturated heterocycles. The number of nitrogens with zero attached hydrogens (tertiary/aromatic N) is 3. The zero-order valence-corrected chi connectivity index (χ0v) is 11.5. The average Bonchev–Trinajstić information content (AvgIpc) is 2.45. The van der Waals surface area contributed by atoms with Gasteiger partial charge in [0.15, 0.2) is 0 Å². The van der Waals surface area contributed by atoms with Crippen LogP contribution in [0, 0.1) is 27.4 Å². The van der Waals surface area contributed by atoms with Gasteiger partial charge in [-0.1, -0.05) is 6.92 Å². The van der Waals surface area contributed by atoms with Gasteiger partial charge in [-0.05, 0) is 30.9 Å². The summed E-state index contributed by atoms with van der Waals surface area (Å²) in [6.45, 7) is 2.44. The number of nitro benzene ring substituents is 1. The molecule has 0 saturated carbocycles. The van der Waals surface area contributed by atoms with Gasteiger partial charge in [0.1, 0.15) is 17.7 Å². The number of hydrogen-bond acceptors (Lipinski definition) is 5. The Kier molecular flexibility index (Phi) is 4.08. The summed E-state index contributed by atoms with van der Waals surface area (Å²) in [5, 5.41) is 29.3. The summed E-state index contributed by atoms with van der Waals surface area (Å²) in [6, 6.07) is 5.28. The number of hydrogen-bond donors (Lipinski definition) is 1. The lowest BCUT2D eigenvalue weighted by Gasteiger charge is -2.38. The minimum atomic E-state index is -0.918. The van der Waals surface area contributed by atoms with E-state index in [0.29, 0.717) is 12.2 Å². The highest BCUT2D eigenvalue weighted by Gasteiger charge is 2.34. The van der Waals surface area contributed by atoms with Crippen LogP contribution in [0.4, 0.5) is 11.4 Å². The zero-order valence-electron chi connectivity index (χ0n) is 11.5. The zero-order chi connectivity index (χ0) is 15.6. The monoisotopic (exact) mass is 289 g/mol. The third-order valence-electron chi connectivity index (χ3n) is 3.82. The molecule has 110 valence electrons. The molecule has 1 aromatic rings. The molecule has 0 spiro atoms. The van der Waals surface area contributed by atoms with Gasteiger partial charge in [-0.3, -0.25) is 10.1 Å². The van der Waals surface area contributed by atoms with E-state index < -0.39 is 16.9 Å². The molecule has 1 fully saturated rings. The van der Waals surface area contributed by atoms with Crippen LogP contribution in [0.15, 0.2) is 18.2 Å². The van der Waals surface area contributed by atoms with Gasteiger partial charge in [-0.15, -0.1) is 0 Å². The molecular weight excluding hydrogens is 274 g/mol. The number of carboxylic acids is 1. The Bertz CT molecular complexity index is 623. The Morgan fingerprint density at radius 3 is 2.86 bits per heavy atom. The van der Waals surface area contributed by atoms with E-state index in [1.165, 1.54) is 18.2 Å². The standard InChI is InChI=1S/C14H15N3O4/c1-9-3-2-6-16(13(9)14(18)19)11-4-5-12(17(20)21)10(7-11)8-15/h4-5,7,9,13H,2-3,6H2,1H3,(H,18,19). The van der Waals surface area contributed by atoms with E-state index >= 15 is 0 Å². The number of aliphatic carboxylic acids is 1. The van der Waals surface area contributed by atoms with Crippen LogP contribution in [0.2, 0.25) is 0 Å². The van der Waals surface area contributed by atoms with Crippen LogP contribution in [0.1, 0.15) is 25.3 Å². The van der Waals surface area contributed by atoms with Gasteiger partial charge in [0.25, 0.3) is 5.69 Å². The Morgan fingerprint density at radius 2 is 2.29 bits per heavy atom. The first-order chi connectivity index (χ1) is 9.95. The van der Waals surface area contributed by atoms with Crippen LogP contribution in [0.3, 0.4) is 0 Å². The summed E-state index contributed by atoms with van der Waals surface area (Å²) in [4.78, 5) is 23.4. The molecule has 1 aliphatic rings. The molecule has 0 aromatic heterocycles. The Balaban J connectivity index is 2.43. The second-order valence-electron chi connectivity index (χ2n) is 5.17. The molecule has 1 N–H and O–H groups in total. The molecule has 7 heteroatoms. The van der Waals surface area contributed by atoms with Crippen LogP contribution >= 0.6 is 0 Å². The lowest BCUT2D eigenvalue weighted by molar-refractivity contribution is -0.385. The van der Waals surface area contributed by atoms with Crippen molar-refractivity contribution in [2.45, 2.75) is 25.8 Å². The third-order valence-corrected chi connectivity index (χ3v) is 3.82. The average molecular weight is 289 g/mol. The number of nitriles is 1. The number of piperidine rings is 1. The Hall–Kier alpha value is -2.62. The van der Waals surface area contributed by atoms with Gasteiger partial charge in [0, 0.05) is 18.3 Å². The fraction of sp³-hybridized carbons (Fsp3) is 0.429. The van der Waals surface area contributed by atoms with Crippen LogP contribution in [-0.4, -0.2) is 28.6 Å². The van der Waals surface area contributed by atoms with Crippen molar-refractivity contribution in [2.75, 3.05) is 11.4 Å². The maximum Gasteiger partial charge on any atom is 0.326 e. The van der Waals surface area contributed by atoms with E-state index in [4.69, 9.17) is 5.26 Å². The van der Waals surface area contributed by atoms with Crippen molar-refractivity contribution in [3.05, 3.63) is 33.9 Å². The quantitative estimate of drug-likeness (QED) is 0.674. The lowest BCUT2D eigenvalue weighted by Crippen LogP contribution is -2.49. The minimum Gasteiger partial charge on any atom is -0.480 e. The maximum absolute atomic E-state index is 11.5. The number of carboxylic acid groups (broad SMARTS) is 1. The van der Waals surface area contributed by atoms with Gasteiger partial charge >= 0.3 is 5.97 Å². The highest BCUT2D eigenvalue weighted by molar-refractivity contribution is 5.79. The van der Waals surface area contributed by atoms with Crippen molar-refractivity contribution in [1.82, 2.24) is 0 Å². The van der Waals surface area contributed by atoms with Crippen molar-refractivity contribution >= 4 is 17.3 Å². The topological polar surface area (TPSA) is 107 Å². The number of carbonyl (C=O) groups is 1. The summed E-state index contributed by atoms with van der Waals surface area (Å²) >= 11 is 0. The number of nitro groups is 1. The normalized spacial score (nSPS) is 21.6. The number of benzene rings is 1. The Morgan fingerprint density at radius 1 is 1.57 bits per heavy atom. The molecule has 2 unspecified atom stereocenters. The van der Waals surface area contributed by atoms with Gasteiger partial charge in [0.2, 0.25) is 0 Å².